The van der Waals surface area contributed by atoms with Gasteiger partial charge in [0.2, 0.25) is 0 Å². The van der Waals surface area contributed by atoms with E-state index in [1.54, 1.807) is 7.11 Å². The number of benzene rings is 1. The van der Waals surface area contributed by atoms with Crippen LogP contribution in [0.4, 0.5) is 0 Å². The molecule has 5 rings (SSSR count). The van der Waals surface area contributed by atoms with E-state index in [4.69, 9.17) is 9.47 Å². The van der Waals surface area contributed by atoms with E-state index in [0.717, 1.165) is 37.3 Å². The predicted octanol–water partition coefficient (Wildman–Crippen LogP) is 2.01. The van der Waals surface area contributed by atoms with Crippen molar-refractivity contribution in [2.75, 3.05) is 13.7 Å². The largest absolute Gasteiger partial charge is 0.493 e. The van der Waals surface area contributed by atoms with Crippen molar-refractivity contribution in [1.82, 2.24) is 5.32 Å². The number of hydrogen-bond acceptors (Lipinski definition) is 4. The summed E-state index contributed by atoms with van der Waals surface area (Å²) in [5, 5.41) is 3.67. The van der Waals surface area contributed by atoms with Crippen molar-refractivity contribution in [1.29, 1.82) is 0 Å². The molecule has 4 aliphatic rings. The molecular weight excluding hydrogens is 302 g/mol. The number of carbonyl (C=O) groups excluding carboxylic acids is 1. The van der Waals surface area contributed by atoms with Crippen molar-refractivity contribution in [3.8, 4) is 11.5 Å². The summed E-state index contributed by atoms with van der Waals surface area (Å²) in [5.74, 6) is 2.43. The van der Waals surface area contributed by atoms with Gasteiger partial charge in [-0.3, -0.25) is 4.79 Å². The van der Waals surface area contributed by atoms with Gasteiger partial charge in [0.05, 0.1) is 7.11 Å². The molecule has 2 aliphatic carbocycles. The highest BCUT2D eigenvalue weighted by Crippen LogP contribution is 2.61. The molecule has 2 aliphatic heterocycles. The van der Waals surface area contributed by atoms with Crippen LogP contribution in [0, 0.1) is 5.92 Å². The lowest BCUT2D eigenvalue weighted by Gasteiger charge is -2.54. The molecule has 4 atom stereocenters. The van der Waals surface area contributed by atoms with E-state index < -0.39 is 0 Å². The highest BCUT2D eigenvalue weighted by atomic mass is 35.5. The molecular formula is C17H20ClNO3. The van der Waals surface area contributed by atoms with E-state index in [1.165, 1.54) is 11.1 Å². The first-order chi connectivity index (χ1) is 10.3. The maximum Gasteiger partial charge on any atom is 0.174 e. The third kappa shape index (κ3) is 1.45. The SMILES string of the molecule is COc1ccc2c3c1OC1C(=O)CCC4C(C2)NCCC314.Cl. The van der Waals surface area contributed by atoms with Crippen LogP contribution in [0.2, 0.25) is 0 Å². The van der Waals surface area contributed by atoms with Gasteiger partial charge in [0.15, 0.2) is 23.4 Å². The predicted molar refractivity (Wildman–Crippen MR) is 84.2 cm³/mol. The number of piperidine rings is 1. The molecule has 22 heavy (non-hydrogen) atoms. The Bertz CT molecular complexity index is 662. The van der Waals surface area contributed by atoms with Crippen LogP contribution in [0.15, 0.2) is 12.1 Å². The summed E-state index contributed by atoms with van der Waals surface area (Å²) in [7, 11) is 1.68. The maximum atomic E-state index is 12.5. The van der Waals surface area contributed by atoms with Crippen LogP contribution in [-0.2, 0) is 16.6 Å². The first kappa shape index (κ1) is 14.3. The third-order valence-electron chi connectivity index (χ3n) is 6.12. The zero-order valence-corrected chi connectivity index (χ0v) is 13.4. The minimum Gasteiger partial charge on any atom is -0.493 e. The molecule has 0 aromatic heterocycles. The average Bonchev–Trinajstić information content (AvgIpc) is 2.83. The molecule has 1 saturated carbocycles. The van der Waals surface area contributed by atoms with Crippen LogP contribution >= 0.6 is 12.4 Å². The van der Waals surface area contributed by atoms with Gasteiger partial charge in [0.1, 0.15) is 0 Å². The molecule has 1 aromatic rings. The van der Waals surface area contributed by atoms with Crippen molar-refractivity contribution < 1.29 is 14.3 Å². The lowest BCUT2D eigenvalue weighted by atomic mass is 9.52. The van der Waals surface area contributed by atoms with Crippen LogP contribution in [-0.4, -0.2) is 31.6 Å². The molecule has 4 unspecified atom stereocenters. The van der Waals surface area contributed by atoms with E-state index in [9.17, 15) is 4.79 Å². The van der Waals surface area contributed by atoms with E-state index in [0.29, 0.717) is 18.4 Å². The van der Waals surface area contributed by atoms with Gasteiger partial charge >= 0.3 is 0 Å². The number of Topliss-reactive ketones (excluding diaryl/α,β-unsaturated/α-hetero) is 1. The molecule has 0 radical (unpaired) electrons. The number of methoxy groups -OCH3 is 1. The summed E-state index contributed by atoms with van der Waals surface area (Å²) in [6.45, 7) is 0.977. The Kier molecular flexibility index (Phi) is 3.01. The fraction of sp³-hybridized carbons (Fsp3) is 0.588. The van der Waals surface area contributed by atoms with Gasteiger partial charge in [0, 0.05) is 23.4 Å². The highest BCUT2D eigenvalue weighted by molar-refractivity contribution is 5.89. The summed E-state index contributed by atoms with van der Waals surface area (Å²) in [5.41, 5.74) is 2.54. The first-order valence-corrected chi connectivity index (χ1v) is 7.89. The fourth-order valence-electron chi connectivity index (χ4n) is 5.40. The average molecular weight is 322 g/mol. The molecule has 1 aromatic carbocycles. The zero-order chi connectivity index (χ0) is 14.2. The number of halogens is 1. The molecule has 1 saturated heterocycles. The fourth-order valence-corrected chi connectivity index (χ4v) is 5.40. The minimum atomic E-state index is -0.286. The molecule has 2 fully saturated rings. The summed E-state index contributed by atoms with van der Waals surface area (Å²) in [4.78, 5) is 12.5. The van der Waals surface area contributed by atoms with Crippen LogP contribution in [0.25, 0.3) is 0 Å². The Morgan fingerprint density at radius 3 is 3.09 bits per heavy atom. The van der Waals surface area contributed by atoms with Gasteiger partial charge in [-0.1, -0.05) is 6.07 Å². The molecule has 118 valence electrons. The maximum absolute atomic E-state index is 12.5. The van der Waals surface area contributed by atoms with Crippen molar-refractivity contribution in [3.63, 3.8) is 0 Å². The monoisotopic (exact) mass is 321 g/mol. The molecule has 2 bridgehead atoms. The van der Waals surface area contributed by atoms with E-state index in [-0.39, 0.29) is 29.7 Å². The van der Waals surface area contributed by atoms with Crippen LogP contribution < -0.4 is 14.8 Å². The molecule has 1 spiro atoms. The number of hydrogen-bond donors (Lipinski definition) is 1. The Hall–Kier alpha value is -1.26. The summed E-state index contributed by atoms with van der Waals surface area (Å²) >= 11 is 0. The normalized spacial score (nSPS) is 37.0. The second-order valence-corrected chi connectivity index (χ2v) is 6.80. The first-order valence-electron chi connectivity index (χ1n) is 7.89. The molecule has 0 amide bonds. The second-order valence-electron chi connectivity index (χ2n) is 6.80. The molecule has 5 heteroatoms. The highest BCUT2D eigenvalue weighted by Gasteiger charge is 2.64. The van der Waals surface area contributed by atoms with Gasteiger partial charge in [-0.05, 0) is 43.4 Å². The zero-order valence-electron chi connectivity index (χ0n) is 12.6. The quantitative estimate of drug-likeness (QED) is 0.859. The number of nitrogens with one attached hydrogen (secondary N) is 1. The standard InChI is InChI=1S/C17H19NO3.ClH/c1-20-13-5-2-9-8-11-10-3-4-12(19)16-17(10,6-7-18-11)14(9)15(13)21-16;/h2,5,10-11,16,18H,3-4,6-8H2,1H3;1H. The number of rotatable bonds is 1. The molecule has 2 heterocycles. The topological polar surface area (TPSA) is 47.6 Å². The minimum absolute atomic E-state index is 0. The number of carbonyl (C=O) groups is 1. The smallest absolute Gasteiger partial charge is 0.174 e. The summed E-state index contributed by atoms with van der Waals surface area (Å²) in [6.07, 6.45) is 3.40. The Balaban J connectivity index is 0.00000125. The Morgan fingerprint density at radius 2 is 2.27 bits per heavy atom. The summed E-state index contributed by atoms with van der Waals surface area (Å²) in [6, 6.07) is 4.65. The van der Waals surface area contributed by atoms with Crippen molar-refractivity contribution in [3.05, 3.63) is 23.3 Å². The van der Waals surface area contributed by atoms with Crippen molar-refractivity contribution >= 4 is 18.2 Å². The Morgan fingerprint density at radius 1 is 1.41 bits per heavy atom. The van der Waals surface area contributed by atoms with Gasteiger partial charge in [-0.2, -0.15) is 0 Å². The lowest BCUT2D eigenvalue weighted by molar-refractivity contribution is -0.135. The molecule has 4 nitrogen and oxygen atoms in total. The van der Waals surface area contributed by atoms with Gasteiger partial charge in [0.25, 0.3) is 0 Å². The number of ketones is 1. The van der Waals surface area contributed by atoms with Crippen molar-refractivity contribution in [2.24, 2.45) is 5.92 Å². The van der Waals surface area contributed by atoms with Crippen LogP contribution in [0.1, 0.15) is 30.4 Å². The van der Waals surface area contributed by atoms with Gasteiger partial charge in [-0.25, -0.2) is 0 Å². The number of ether oxygens (including phenoxy) is 2. The van der Waals surface area contributed by atoms with Crippen molar-refractivity contribution in [2.45, 2.75) is 43.2 Å². The van der Waals surface area contributed by atoms with Gasteiger partial charge in [-0.15, -0.1) is 12.4 Å². The summed E-state index contributed by atoms with van der Waals surface area (Å²) < 4.78 is 11.7. The Labute approximate surface area is 136 Å². The van der Waals surface area contributed by atoms with Gasteiger partial charge < -0.3 is 14.8 Å². The van der Waals surface area contributed by atoms with E-state index in [1.807, 2.05) is 6.07 Å². The second kappa shape index (κ2) is 4.62. The van der Waals surface area contributed by atoms with E-state index >= 15 is 0 Å². The van der Waals surface area contributed by atoms with Crippen LogP contribution in [0.5, 0.6) is 11.5 Å². The van der Waals surface area contributed by atoms with Crippen LogP contribution in [0.3, 0.4) is 0 Å². The van der Waals surface area contributed by atoms with E-state index in [2.05, 4.69) is 11.4 Å². The lowest BCUT2D eigenvalue weighted by Crippen LogP contribution is -2.65. The third-order valence-corrected chi connectivity index (χ3v) is 6.12. The molecule has 1 N–H and O–H groups in total.